The fraction of sp³-hybridized carbons (Fsp3) is 0.525. The highest BCUT2D eigenvalue weighted by Gasteiger charge is 2.52. The number of phenolic OH excluding ortho intramolecular Hbond substituents is 1. The Morgan fingerprint density at radius 2 is 1.86 bits per heavy atom. The Hall–Kier alpha value is -4.27. The molecule has 0 radical (unpaired) electrons. The molecule has 1 N–H and O–H groups in total. The maximum atomic E-state index is 17.2. The lowest BCUT2D eigenvalue weighted by molar-refractivity contribution is -0.00384. The first-order valence-electron chi connectivity index (χ1n) is 18.2. The summed E-state index contributed by atoms with van der Waals surface area (Å²) in [6.07, 6.45) is 13.3. The number of phenols is 1. The Morgan fingerprint density at radius 3 is 2.65 bits per heavy atom. The fourth-order valence-corrected chi connectivity index (χ4v) is 9.04. The molecule has 3 atom stereocenters. The van der Waals surface area contributed by atoms with Gasteiger partial charge in [-0.25, -0.2) is 13.8 Å². The molecule has 4 aliphatic rings. The number of terminal acetylenes is 1. The number of nitrogens with zero attached hydrogens (tertiary/aromatic N) is 5. The lowest BCUT2D eigenvalue weighted by Crippen LogP contribution is -2.52. The molecule has 11 heteroatoms. The number of hydrogen-bond donors (Lipinski definition) is 1. The van der Waals surface area contributed by atoms with E-state index >= 15 is 8.78 Å². The Balaban J connectivity index is 1.24. The molecule has 2 saturated carbocycles. The summed E-state index contributed by atoms with van der Waals surface area (Å²) < 4.78 is 50.3. The van der Waals surface area contributed by atoms with Crippen LogP contribution in [0, 0.1) is 40.7 Å². The minimum atomic E-state index is -0.780. The van der Waals surface area contributed by atoms with Gasteiger partial charge in [-0.05, 0) is 80.0 Å². The van der Waals surface area contributed by atoms with E-state index in [1.54, 1.807) is 0 Å². The summed E-state index contributed by atoms with van der Waals surface area (Å²) in [5.74, 6) is 2.10. The van der Waals surface area contributed by atoms with E-state index in [1.165, 1.54) is 37.8 Å². The lowest BCUT2D eigenvalue weighted by Gasteiger charge is -2.46. The number of piperidine rings is 1. The largest absolute Gasteiger partial charge is 0.508 e. The van der Waals surface area contributed by atoms with Gasteiger partial charge in [-0.3, -0.25) is 4.90 Å². The molecule has 0 spiro atoms. The molecule has 2 aromatic carbocycles. The number of fused-ring (bicyclic) bond motifs is 3. The Bertz CT molecular complexity index is 2040. The van der Waals surface area contributed by atoms with Crippen molar-refractivity contribution in [3.63, 3.8) is 0 Å². The molecule has 2 saturated heterocycles. The maximum Gasteiger partial charge on any atom is 0.319 e. The van der Waals surface area contributed by atoms with E-state index in [4.69, 9.17) is 30.6 Å². The molecular weight excluding hydrogens is 652 g/mol. The van der Waals surface area contributed by atoms with Gasteiger partial charge < -0.3 is 24.2 Å². The molecule has 8 rings (SSSR count). The van der Waals surface area contributed by atoms with E-state index in [1.807, 2.05) is 4.90 Å². The van der Waals surface area contributed by atoms with Crippen molar-refractivity contribution in [3.05, 3.63) is 41.5 Å². The van der Waals surface area contributed by atoms with Gasteiger partial charge in [0.2, 0.25) is 5.88 Å². The summed E-state index contributed by atoms with van der Waals surface area (Å²) >= 11 is 0. The molecule has 0 bridgehead atoms. The number of benzene rings is 2. The molecule has 2 aliphatic heterocycles. The second-order valence-electron chi connectivity index (χ2n) is 15.5. The van der Waals surface area contributed by atoms with Crippen LogP contribution in [0.25, 0.3) is 32.9 Å². The van der Waals surface area contributed by atoms with Gasteiger partial charge in [-0.15, -0.1) is 6.42 Å². The molecule has 2 aliphatic carbocycles. The highest BCUT2D eigenvalue weighted by Crippen LogP contribution is 2.54. The van der Waals surface area contributed by atoms with Crippen LogP contribution in [-0.2, 0) is 4.74 Å². The zero-order valence-corrected chi connectivity index (χ0v) is 29.6. The minimum absolute atomic E-state index is 0.0258. The number of aromatic nitrogens is 3. The van der Waals surface area contributed by atoms with Crippen LogP contribution in [0.1, 0.15) is 64.4 Å². The lowest BCUT2D eigenvalue weighted by atomic mass is 9.75. The van der Waals surface area contributed by atoms with E-state index in [-0.39, 0.29) is 50.8 Å². The summed E-state index contributed by atoms with van der Waals surface area (Å²) in [5.41, 5.74) is 0.230. The second-order valence-corrected chi connectivity index (χ2v) is 15.5. The van der Waals surface area contributed by atoms with Gasteiger partial charge in [-0.2, -0.15) is 9.97 Å². The van der Waals surface area contributed by atoms with Gasteiger partial charge in [0.15, 0.2) is 5.82 Å². The number of likely N-dealkylation sites (tertiary alicyclic amines) is 1. The van der Waals surface area contributed by atoms with Gasteiger partial charge >= 0.3 is 6.01 Å². The van der Waals surface area contributed by atoms with Crippen LogP contribution in [0.15, 0.2) is 24.3 Å². The topological polar surface area (TPSA) is 93.1 Å². The Labute approximate surface area is 297 Å². The van der Waals surface area contributed by atoms with E-state index in [9.17, 15) is 5.11 Å². The summed E-state index contributed by atoms with van der Waals surface area (Å²) in [4.78, 5) is 19.0. The number of rotatable bonds is 8. The summed E-state index contributed by atoms with van der Waals surface area (Å²) in [6.45, 7) is 9.64. The molecule has 2 unspecified atom stereocenters. The van der Waals surface area contributed by atoms with Gasteiger partial charge in [0, 0.05) is 48.6 Å². The van der Waals surface area contributed by atoms with Gasteiger partial charge in [-0.1, -0.05) is 32.3 Å². The van der Waals surface area contributed by atoms with Crippen molar-refractivity contribution in [3.8, 4) is 41.2 Å². The molecule has 4 heterocycles. The van der Waals surface area contributed by atoms with Crippen molar-refractivity contribution >= 4 is 27.5 Å². The van der Waals surface area contributed by atoms with Crippen LogP contribution in [0.2, 0.25) is 0 Å². The molecule has 4 aromatic rings. The summed E-state index contributed by atoms with van der Waals surface area (Å²) in [5, 5.41) is 11.7. The van der Waals surface area contributed by atoms with Crippen LogP contribution in [0.3, 0.4) is 0 Å². The highest BCUT2D eigenvalue weighted by atomic mass is 19.1. The molecule has 51 heavy (non-hydrogen) atoms. The zero-order valence-electron chi connectivity index (χ0n) is 29.6. The number of anilines is 1. The summed E-state index contributed by atoms with van der Waals surface area (Å²) in [7, 11) is 1.45. The molecule has 4 fully saturated rings. The van der Waals surface area contributed by atoms with E-state index in [0.717, 1.165) is 57.5 Å². The normalized spacial score (nSPS) is 24.7. The van der Waals surface area contributed by atoms with E-state index < -0.39 is 11.6 Å². The molecule has 9 nitrogen and oxygen atoms in total. The van der Waals surface area contributed by atoms with Crippen LogP contribution < -0.4 is 14.4 Å². The predicted octanol–water partition coefficient (Wildman–Crippen LogP) is 7.11. The number of pyridine rings is 1. The van der Waals surface area contributed by atoms with Crippen LogP contribution >= 0.6 is 0 Å². The number of hydrogen-bond acceptors (Lipinski definition) is 9. The van der Waals surface area contributed by atoms with E-state index in [2.05, 4.69) is 29.7 Å². The fourth-order valence-electron chi connectivity index (χ4n) is 9.04. The van der Waals surface area contributed by atoms with Crippen molar-refractivity contribution in [2.75, 3.05) is 58.0 Å². The number of aromatic hydroxyl groups is 1. The number of halogens is 2. The standard InChI is InChI=1S/C40H45F2N5O4/c1-5-27-29(41)11-10-24-19-26(48)20-28(31(24)27)34-33(42)35-32(37(43-34)49-4)36(46-15-8-17-50-18-16-46)45-38(44-35)51-23-40-12-6-9-30(40)47(14-7-13-40)22-25-21-39(25,2)3/h1,10-11,19-20,25,30,48H,6-9,12-18,21-23H2,2-4H3/t25-,30?,40?/m1/s1. The molecule has 2 aromatic heterocycles. The minimum Gasteiger partial charge on any atom is -0.508 e. The average molecular weight is 698 g/mol. The van der Waals surface area contributed by atoms with Gasteiger partial charge in [0.05, 0.1) is 25.9 Å². The van der Waals surface area contributed by atoms with Crippen LogP contribution in [-0.4, -0.2) is 84.1 Å². The highest BCUT2D eigenvalue weighted by molar-refractivity contribution is 6.04. The number of methoxy groups -OCH3 is 1. The van der Waals surface area contributed by atoms with E-state index in [0.29, 0.717) is 61.0 Å². The van der Waals surface area contributed by atoms with Crippen LogP contribution in [0.4, 0.5) is 14.6 Å². The van der Waals surface area contributed by atoms with Crippen molar-refractivity contribution in [2.24, 2.45) is 16.7 Å². The quantitative estimate of drug-likeness (QED) is 0.194. The predicted molar refractivity (Wildman–Crippen MR) is 192 cm³/mol. The van der Waals surface area contributed by atoms with Crippen molar-refractivity contribution in [1.82, 2.24) is 19.9 Å². The average Bonchev–Trinajstić information content (AvgIpc) is 3.63. The molecular formula is C40H45F2N5O4. The molecule has 268 valence electrons. The van der Waals surface area contributed by atoms with Crippen molar-refractivity contribution in [1.29, 1.82) is 0 Å². The Kier molecular flexibility index (Phi) is 8.66. The Morgan fingerprint density at radius 1 is 1.04 bits per heavy atom. The van der Waals surface area contributed by atoms with Crippen molar-refractivity contribution < 1.29 is 28.1 Å². The maximum absolute atomic E-state index is 17.2. The smallest absolute Gasteiger partial charge is 0.319 e. The van der Waals surface area contributed by atoms with Crippen molar-refractivity contribution in [2.45, 2.75) is 64.8 Å². The third-order valence-electron chi connectivity index (χ3n) is 12.0. The number of ether oxygens (including phenoxy) is 3. The first-order valence-corrected chi connectivity index (χ1v) is 18.2. The second kappa shape index (κ2) is 13.1. The third-order valence-corrected chi connectivity index (χ3v) is 12.0. The zero-order chi connectivity index (χ0) is 35.5. The van der Waals surface area contributed by atoms with Gasteiger partial charge in [0.25, 0.3) is 0 Å². The third kappa shape index (κ3) is 6.00. The first kappa shape index (κ1) is 33.9. The summed E-state index contributed by atoms with van der Waals surface area (Å²) in [6, 6.07) is 6.02. The SMILES string of the molecule is C#Cc1c(F)ccc2cc(O)cc(-c3nc(OC)c4c(N5CCCOCC5)nc(OCC56CCCC5N(C[C@H]5CC5(C)C)CCC6)nc4c3F)c12. The first-order chi connectivity index (χ1) is 24.6. The van der Waals surface area contributed by atoms with Gasteiger partial charge in [0.1, 0.15) is 34.0 Å². The monoisotopic (exact) mass is 697 g/mol. The van der Waals surface area contributed by atoms with Crippen LogP contribution in [0.5, 0.6) is 17.6 Å². The molecule has 0 amide bonds.